The van der Waals surface area contributed by atoms with E-state index in [1.54, 1.807) is 6.07 Å². The van der Waals surface area contributed by atoms with Crippen LogP contribution in [0, 0.1) is 0 Å². The van der Waals surface area contributed by atoms with Crippen molar-refractivity contribution in [3.63, 3.8) is 0 Å². The Morgan fingerprint density at radius 2 is 2.10 bits per heavy atom. The van der Waals surface area contributed by atoms with Crippen molar-refractivity contribution >= 4 is 21.8 Å². The van der Waals surface area contributed by atoms with Gasteiger partial charge in [-0.05, 0) is 38.3 Å². The molecular weight excluding hydrogens is 332 g/mol. The highest BCUT2D eigenvalue weighted by atomic mass is 79.9. The maximum atomic E-state index is 12.5. The average Bonchev–Trinajstić information content (AvgIpc) is 2.98. The molecule has 2 aromatic rings. The Bertz CT molecular complexity index is 636. The van der Waals surface area contributed by atoms with Gasteiger partial charge in [0.15, 0.2) is 11.5 Å². The summed E-state index contributed by atoms with van der Waals surface area (Å²) in [5.41, 5.74) is 1.30. The van der Waals surface area contributed by atoms with Gasteiger partial charge in [-0.2, -0.15) is 0 Å². The monoisotopic (exact) mass is 348 g/mol. The molecule has 1 aliphatic heterocycles. The van der Waals surface area contributed by atoms with E-state index in [1.165, 1.54) is 6.42 Å². The van der Waals surface area contributed by atoms with Gasteiger partial charge in [0.25, 0.3) is 5.91 Å². The lowest BCUT2D eigenvalue weighted by Crippen LogP contribution is -2.42. The van der Waals surface area contributed by atoms with Gasteiger partial charge < -0.3 is 9.42 Å². The van der Waals surface area contributed by atoms with Crippen molar-refractivity contribution in [2.75, 3.05) is 6.54 Å². The third-order valence-corrected chi connectivity index (χ3v) is 4.45. The second kappa shape index (κ2) is 6.02. The molecular formula is C16H17BrN2O2. The normalized spacial score (nSPS) is 18.8. The first-order valence-corrected chi connectivity index (χ1v) is 7.98. The van der Waals surface area contributed by atoms with Crippen LogP contribution in [0.25, 0.3) is 11.3 Å². The Balaban J connectivity index is 1.81. The molecule has 1 amide bonds. The van der Waals surface area contributed by atoms with Gasteiger partial charge in [-0.25, -0.2) is 0 Å². The highest BCUT2D eigenvalue weighted by molar-refractivity contribution is 9.10. The first kappa shape index (κ1) is 14.3. The summed E-state index contributed by atoms with van der Waals surface area (Å²) in [5, 5.41) is 3.95. The largest absolute Gasteiger partial charge is 0.355 e. The van der Waals surface area contributed by atoms with Crippen molar-refractivity contribution in [2.45, 2.75) is 32.2 Å². The molecule has 0 bridgehead atoms. The molecule has 1 saturated heterocycles. The number of hydrogen-bond donors (Lipinski definition) is 0. The van der Waals surface area contributed by atoms with Gasteiger partial charge in [-0.15, -0.1) is 0 Å². The lowest BCUT2D eigenvalue weighted by Gasteiger charge is -2.32. The third-order valence-electron chi connectivity index (χ3n) is 3.92. The van der Waals surface area contributed by atoms with Gasteiger partial charge in [-0.1, -0.05) is 33.2 Å². The van der Waals surface area contributed by atoms with Crippen molar-refractivity contribution in [1.82, 2.24) is 10.1 Å². The number of amides is 1. The average molecular weight is 349 g/mol. The van der Waals surface area contributed by atoms with Crippen molar-refractivity contribution in [3.05, 3.63) is 40.5 Å². The summed E-state index contributed by atoms with van der Waals surface area (Å²) in [7, 11) is 0. The number of nitrogens with zero attached hydrogens (tertiary/aromatic N) is 2. The molecule has 0 unspecified atom stereocenters. The van der Waals surface area contributed by atoms with E-state index in [0.717, 1.165) is 29.4 Å². The predicted molar refractivity (Wildman–Crippen MR) is 84.0 cm³/mol. The molecule has 1 aromatic heterocycles. The molecule has 1 fully saturated rings. The first-order chi connectivity index (χ1) is 10.1. The standard InChI is InChI=1S/C16H17BrN2O2/c1-11-4-2-3-9-19(11)16(20)14-10-15(21-18-14)12-5-7-13(17)8-6-12/h5-8,10-11H,2-4,9H2,1H3/t11-/m1/s1. The van der Waals surface area contributed by atoms with Gasteiger partial charge in [0, 0.05) is 28.7 Å². The zero-order valence-electron chi connectivity index (χ0n) is 11.9. The highest BCUT2D eigenvalue weighted by Gasteiger charge is 2.26. The van der Waals surface area contributed by atoms with Gasteiger partial charge in [-0.3, -0.25) is 4.79 Å². The quantitative estimate of drug-likeness (QED) is 0.819. The molecule has 1 aromatic carbocycles. The number of rotatable bonds is 2. The molecule has 0 saturated carbocycles. The van der Waals surface area contributed by atoms with Crippen LogP contribution in [0.5, 0.6) is 0 Å². The summed E-state index contributed by atoms with van der Waals surface area (Å²) in [6.07, 6.45) is 3.31. The Morgan fingerprint density at radius 3 is 2.81 bits per heavy atom. The van der Waals surface area contributed by atoms with Crippen LogP contribution in [0.2, 0.25) is 0 Å². The summed E-state index contributed by atoms with van der Waals surface area (Å²) in [6, 6.07) is 9.74. The molecule has 21 heavy (non-hydrogen) atoms. The van der Waals surface area contributed by atoms with Crippen LogP contribution in [0.15, 0.2) is 39.3 Å². The van der Waals surface area contributed by atoms with E-state index in [1.807, 2.05) is 29.2 Å². The van der Waals surface area contributed by atoms with Crippen LogP contribution in [0.1, 0.15) is 36.7 Å². The highest BCUT2D eigenvalue weighted by Crippen LogP contribution is 2.24. The Hall–Kier alpha value is -1.62. The predicted octanol–water partition coefficient (Wildman–Crippen LogP) is 4.12. The number of carbonyl (C=O) groups excluding carboxylic acids is 1. The summed E-state index contributed by atoms with van der Waals surface area (Å²) in [4.78, 5) is 14.4. The number of hydrogen-bond acceptors (Lipinski definition) is 3. The minimum atomic E-state index is -0.0330. The summed E-state index contributed by atoms with van der Waals surface area (Å²) >= 11 is 3.40. The fraction of sp³-hybridized carbons (Fsp3) is 0.375. The maximum Gasteiger partial charge on any atom is 0.276 e. The Labute approximate surface area is 132 Å². The van der Waals surface area contributed by atoms with E-state index in [4.69, 9.17) is 4.52 Å². The molecule has 0 radical (unpaired) electrons. The molecule has 4 nitrogen and oxygen atoms in total. The first-order valence-electron chi connectivity index (χ1n) is 7.19. The van der Waals surface area contributed by atoms with E-state index in [0.29, 0.717) is 11.5 Å². The van der Waals surface area contributed by atoms with E-state index in [9.17, 15) is 4.79 Å². The second-order valence-electron chi connectivity index (χ2n) is 5.43. The van der Waals surface area contributed by atoms with Crippen LogP contribution >= 0.6 is 15.9 Å². The second-order valence-corrected chi connectivity index (χ2v) is 6.34. The molecule has 0 spiro atoms. The van der Waals surface area contributed by atoms with E-state index in [2.05, 4.69) is 28.0 Å². The number of piperidine rings is 1. The molecule has 3 rings (SSSR count). The number of benzene rings is 1. The molecule has 2 heterocycles. The number of likely N-dealkylation sites (tertiary alicyclic amines) is 1. The van der Waals surface area contributed by atoms with Crippen LogP contribution in [0.4, 0.5) is 0 Å². The van der Waals surface area contributed by atoms with Crippen LogP contribution < -0.4 is 0 Å². The van der Waals surface area contributed by atoms with Crippen LogP contribution in [0.3, 0.4) is 0 Å². The lowest BCUT2D eigenvalue weighted by molar-refractivity contribution is 0.0625. The molecule has 5 heteroatoms. The zero-order valence-corrected chi connectivity index (χ0v) is 13.5. The number of aromatic nitrogens is 1. The summed E-state index contributed by atoms with van der Waals surface area (Å²) in [6.45, 7) is 2.90. The van der Waals surface area contributed by atoms with Crippen LogP contribution in [-0.2, 0) is 0 Å². The molecule has 110 valence electrons. The van der Waals surface area contributed by atoms with Gasteiger partial charge in [0.1, 0.15) is 0 Å². The summed E-state index contributed by atoms with van der Waals surface area (Å²) in [5.74, 6) is 0.588. The van der Waals surface area contributed by atoms with E-state index in [-0.39, 0.29) is 11.9 Å². The maximum absolute atomic E-state index is 12.5. The topological polar surface area (TPSA) is 46.3 Å². The van der Waals surface area contributed by atoms with Crippen molar-refractivity contribution in [1.29, 1.82) is 0 Å². The smallest absolute Gasteiger partial charge is 0.276 e. The SMILES string of the molecule is C[C@@H]1CCCCN1C(=O)c1cc(-c2ccc(Br)cc2)on1. The van der Waals surface area contributed by atoms with Crippen LogP contribution in [-0.4, -0.2) is 28.6 Å². The fourth-order valence-corrected chi connectivity index (χ4v) is 2.94. The molecule has 0 aliphatic carbocycles. The van der Waals surface area contributed by atoms with Gasteiger partial charge >= 0.3 is 0 Å². The Morgan fingerprint density at radius 1 is 1.33 bits per heavy atom. The van der Waals surface area contributed by atoms with Crippen molar-refractivity contribution < 1.29 is 9.32 Å². The van der Waals surface area contributed by atoms with Gasteiger partial charge in [0.05, 0.1) is 0 Å². The minimum Gasteiger partial charge on any atom is -0.355 e. The molecule has 1 atom stereocenters. The van der Waals surface area contributed by atoms with E-state index >= 15 is 0 Å². The van der Waals surface area contributed by atoms with Crippen molar-refractivity contribution in [3.8, 4) is 11.3 Å². The number of halogens is 1. The third kappa shape index (κ3) is 3.02. The molecule has 0 N–H and O–H groups in total. The van der Waals surface area contributed by atoms with Crippen molar-refractivity contribution in [2.24, 2.45) is 0 Å². The minimum absolute atomic E-state index is 0.0330. The van der Waals surface area contributed by atoms with Gasteiger partial charge in [0.2, 0.25) is 0 Å². The summed E-state index contributed by atoms with van der Waals surface area (Å²) < 4.78 is 6.33. The lowest BCUT2D eigenvalue weighted by atomic mass is 10.0. The molecule has 1 aliphatic rings. The Kier molecular flexibility index (Phi) is 4.10. The zero-order chi connectivity index (χ0) is 14.8. The van der Waals surface area contributed by atoms with E-state index < -0.39 is 0 Å². The fourth-order valence-electron chi connectivity index (χ4n) is 2.67. The number of carbonyl (C=O) groups is 1.